The largest absolute Gasteiger partial charge is 0.381 e. The van der Waals surface area contributed by atoms with Gasteiger partial charge in [0.2, 0.25) is 5.91 Å². The molecule has 2 unspecified atom stereocenters. The van der Waals surface area contributed by atoms with Crippen LogP contribution < -0.4 is 5.73 Å². The van der Waals surface area contributed by atoms with Gasteiger partial charge >= 0.3 is 0 Å². The van der Waals surface area contributed by atoms with Crippen LogP contribution in [-0.2, 0) is 9.53 Å². The topological polar surface area (TPSA) is 55.6 Å². The van der Waals surface area contributed by atoms with Gasteiger partial charge in [-0.3, -0.25) is 4.79 Å². The zero-order valence-electron chi connectivity index (χ0n) is 10.4. The molecule has 2 N–H and O–H groups in total. The molecule has 1 amide bonds. The van der Waals surface area contributed by atoms with E-state index in [9.17, 15) is 4.79 Å². The van der Waals surface area contributed by atoms with E-state index < -0.39 is 0 Å². The van der Waals surface area contributed by atoms with E-state index in [4.69, 9.17) is 10.5 Å². The van der Waals surface area contributed by atoms with E-state index in [1.807, 2.05) is 16.7 Å². The molecule has 4 nitrogen and oxygen atoms in total. The molecule has 0 radical (unpaired) electrons. The molecule has 0 saturated carbocycles. The molecule has 17 heavy (non-hydrogen) atoms. The number of rotatable bonds is 2. The van der Waals surface area contributed by atoms with Gasteiger partial charge < -0.3 is 15.4 Å². The number of thioether (sulfide) groups is 1. The first kappa shape index (κ1) is 13.2. The highest BCUT2D eigenvalue weighted by Gasteiger charge is 2.31. The van der Waals surface area contributed by atoms with Crippen LogP contribution in [0.15, 0.2) is 0 Å². The Hall–Kier alpha value is -0.260. The lowest BCUT2D eigenvalue weighted by Crippen LogP contribution is -2.52. The molecule has 2 aliphatic rings. The number of hydrogen-bond acceptors (Lipinski definition) is 4. The Bertz CT molecular complexity index is 269. The zero-order valence-corrected chi connectivity index (χ0v) is 11.2. The normalized spacial score (nSPS) is 29.1. The van der Waals surface area contributed by atoms with Crippen molar-refractivity contribution in [1.82, 2.24) is 4.90 Å². The Morgan fingerprint density at radius 1 is 1.47 bits per heavy atom. The van der Waals surface area contributed by atoms with E-state index in [0.717, 1.165) is 44.9 Å². The van der Waals surface area contributed by atoms with Crippen LogP contribution in [0.5, 0.6) is 0 Å². The highest BCUT2D eigenvalue weighted by atomic mass is 32.2. The standard InChI is InChI=1S/C12H22N2O2S/c1-9-8-14(4-7-17-9)12(15)11(13)10-2-5-16-6-3-10/h9-11H,2-8,13H2,1H3. The number of nitrogens with zero attached hydrogens (tertiary/aromatic N) is 1. The summed E-state index contributed by atoms with van der Waals surface area (Å²) < 4.78 is 5.31. The molecule has 0 bridgehead atoms. The summed E-state index contributed by atoms with van der Waals surface area (Å²) >= 11 is 1.93. The van der Waals surface area contributed by atoms with Crippen molar-refractivity contribution in [2.24, 2.45) is 11.7 Å². The van der Waals surface area contributed by atoms with Crippen LogP contribution in [0, 0.1) is 5.92 Å². The quantitative estimate of drug-likeness (QED) is 0.792. The van der Waals surface area contributed by atoms with Gasteiger partial charge in [0.15, 0.2) is 0 Å². The van der Waals surface area contributed by atoms with Crippen LogP contribution in [0.2, 0.25) is 0 Å². The van der Waals surface area contributed by atoms with Gasteiger partial charge in [-0.2, -0.15) is 11.8 Å². The average Bonchev–Trinajstić information content (AvgIpc) is 2.38. The van der Waals surface area contributed by atoms with Gasteiger partial charge in [0, 0.05) is 37.3 Å². The third-order valence-electron chi connectivity index (χ3n) is 3.61. The lowest BCUT2D eigenvalue weighted by atomic mass is 9.91. The lowest BCUT2D eigenvalue weighted by Gasteiger charge is -2.35. The third kappa shape index (κ3) is 3.36. The first-order chi connectivity index (χ1) is 8.18. The Kier molecular flexibility index (Phi) is 4.70. The van der Waals surface area contributed by atoms with Crippen LogP contribution in [0.3, 0.4) is 0 Å². The molecule has 0 spiro atoms. The molecular weight excluding hydrogens is 236 g/mol. The second-order valence-electron chi connectivity index (χ2n) is 4.94. The van der Waals surface area contributed by atoms with Gasteiger partial charge in [0.25, 0.3) is 0 Å². The summed E-state index contributed by atoms with van der Waals surface area (Å²) in [5, 5.41) is 0.537. The second kappa shape index (κ2) is 6.07. The first-order valence-corrected chi connectivity index (χ1v) is 7.47. The minimum absolute atomic E-state index is 0.143. The SMILES string of the molecule is CC1CN(C(=O)C(N)C2CCOCC2)CCS1. The van der Waals surface area contributed by atoms with Gasteiger partial charge in [-0.25, -0.2) is 0 Å². The predicted octanol–water partition coefficient (Wildman–Crippen LogP) is 0.704. The van der Waals surface area contributed by atoms with Crippen molar-refractivity contribution >= 4 is 17.7 Å². The molecule has 0 aliphatic carbocycles. The number of hydrogen-bond donors (Lipinski definition) is 1. The van der Waals surface area contributed by atoms with Crippen molar-refractivity contribution in [3.05, 3.63) is 0 Å². The van der Waals surface area contributed by atoms with Gasteiger partial charge in [0.05, 0.1) is 6.04 Å². The molecule has 98 valence electrons. The van der Waals surface area contributed by atoms with E-state index in [1.165, 1.54) is 0 Å². The molecule has 5 heteroatoms. The van der Waals surface area contributed by atoms with Crippen molar-refractivity contribution in [2.45, 2.75) is 31.1 Å². The monoisotopic (exact) mass is 258 g/mol. The second-order valence-corrected chi connectivity index (χ2v) is 6.49. The number of carbonyl (C=O) groups excluding carboxylic acids is 1. The van der Waals surface area contributed by atoms with E-state index in [1.54, 1.807) is 0 Å². The maximum absolute atomic E-state index is 12.3. The predicted molar refractivity (Wildman–Crippen MR) is 70.0 cm³/mol. The van der Waals surface area contributed by atoms with Crippen molar-refractivity contribution in [2.75, 3.05) is 32.1 Å². The summed E-state index contributed by atoms with van der Waals surface area (Å²) in [5.41, 5.74) is 6.11. The van der Waals surface area contributed by atoms with Crippen molar-refractivity contribution in [3.63, 3.8) is 0 Å². The Morgan fingerprint density at radius 3 is 2.82 bits per heavy atom. The molecule has 2 aliphatic heterocycles. The van der Waals surface area contributed by atoms with Crippen LogP contribution in [0.25, 0.3) is 0 Å². The number of nitrogens with two attached hydrogens (primary N) is 1. The molecule has 0 aromatic rings. The minimum Gasteiger partial charge on any atom is -0.381 e. The Morgan fingerprint density at radius 2 is 2.18 bits per heavy atom. The minimum atomic E-state index is -0.325. The van der Waals surface area contributed by atoms with Gasteiger partial charge in [0.1, 0.15) is 0 Å². The van der Waals surface area contributed by atoms with Crippen LogP contribution in [0.1, 0.15) is 19.8 Å². The summed E-state index contributed by atoms with van der Waals surface area (Å²) in [6.45, 7) is 5.37. The summed E-state index contributed by atoms with van der Waals surface area (Å²) in [4.78, 5) is 14.2. The molecule has 2 rings (SSSR count). The molecule has 0 aromatic heterocycles. The van der Waals surface area contributed by atoms with Crippen LogP contribution in [-0.4, -0.2) is 54.2 Å². The maximum atomic E-state index is 12.3. The molecule has 2 atom stereocenters. The fourth-order valence-electron chi connectivity index (χ4n) is 2.51. The summed E-state index contributed by atoms with van der Waals surface area (Å²) in [5.74, 6) is 1.48. The van der Waals surface area contributed by atoms with E-state index >= 15 is 0 Å². The average molecular weight is 258 g/mol. The van der Waals surface area contributed by atoms with Crippen LogP contribution >= 0.6 is 11.8 Å². The summed E-state index contributed by atoms with van der Waals surface area (Å²) in [6.07, 6.45) is 1.84. The Labute approximate surface area is 107 Å². The number of amides is 1. The summed E-state index contributed by atoms with van der Waals surface area (Å²) in [6, 6.07) is -0.325. The maximum Gasteiger partial charge on any atom is 0.239 e. The van der Waals surface area contributed by atoms with Crippen molar-refractivity contribution in [3.8, 4) is 0 Å². The fraction of sp³-hybridized carbons (Fsp3) is 0.917. The number of ether oxygens (including phenoxy) is 1. The molecule has 2 saturated heterocycles. The Balaban J connectivity index is 1.89. The third-order valence-corrected chi connectivity index (χ3v) is 4.75. The molecular formula is C12H22N2O2S. The highest BCUT2D eigenvalue weighted by Crippen LogP contribution is 2.22. The van der Waals surface area contributed by atoms with Gasteiger partial charge in [-0.1, -0.05) is 6.92 Å². The first-order valence-electron chi connectivity index (χ1n) is 6.42. The van der Waals surface area contributed by atoms with Gasteiger partial charge in [-0.15, -0.1) is 0 Å². The van der Waals surface area contributed by atoms with Crippen LogP contribution in [0.4, 0.5) is 0 Å². The fourth-order valence-corrected chi connectivity index (χ4v) is 3.52. The van der Waals surface area contributed by atoms with E-state index in [2.05, 4.69) is 6.92 Å². The zero-order chi connectivity index (χ0) is 12.3. The molecule has 0 aromatic carbocycles. The van der Waals surface area contributed by atoms with E-state index in [0.29, 0.717) is 11.2 Å². The van der Waals surface area contributed by atoms with Crippen molar-refractivity contribution < 1.29 is 9.53 Å². The van der Waals surface area contributed by atoms with Gasteiger partial charge in [-0.05, 0) is 18.8 Å². The molecule has 2 fully saturated rings. The number of carbonyl (C=O) groups is 1. The van der Waals surface area contributed by atoms with Crippen molar-refractivity contribution in [1.29, 1.82) is 0 Å². The lowest BCUT2D eigenvalue weighted by molar-refractivity contribution is -0.134. The molecule has 2 heterocycles. The highest BCUT2D eigenvalue weighted by molar-refractivity contribution is 7.99. The smallest absolute Gasteiger partial charge is 0.239 e. The van der Waals surface area contributed by atoms with E-state index in [-0.39, 0.29) is 11.9 Å². The summed E-state index contributed by atoms with van der Waals surface area (Å²) in [7, 11) is 0.